The minimum atomic E-state index is -0.295. The molecule has 88 valence electrons. The zero-order valence-electron chi connectivity index (χ0n) is 9.69. The first-order chi connectivity index (χ1) is 8.17. The molecule has 1 aromatic rings. The summed E-state index contributed by atoms with van der Waals surface area (Å²) >= 11 is 0. The summed E-state index contributed by atoms with van der Waals surface area (Å²) in [5.74, 6) is 1.99. The van der Waals surface area contributed by atoms with Crippen LogP contribution in [0.15, 0.2) is 30.3 Å². The van der Waals surface area contributed by atoms with Crippen LogP contribution in [0.1, 0.15) is 12.5 Å². The van der Waals surface area contributed by atoms with Crippen LogP contribution in [0.2, 0.25) is 0 Å². The van der Waals surface area contributed by atoms with E-state index in [0.29, 0.717) is 13.1 Å². The topological polar surface area (TPSA) is 20.3 Å². The van der Waals surface area contributed by atoms with Crippen LogP contribution in [0.3, 0.4) is 0 Å². The third kappa shape index (κ3) is 4.12. The molecule has 0 atom stereocenters. The highest BCUT2D eigenvalue weighted by molar-refractivity contribution is 5.91. The standard InChI is InChI=1S/C14H14FNO/c1-3-11-16(4-2)14(17)10-7-12-5-8-13(15)9-6-12/h1,5-10H,4,11H2,2H3/b10-7+. The Morgan fingerprint density at radius 3 is 2.65 bits per heavy atom. The fraction of sp³-hybridized carbons (Fsp3) is 0.214. The zero-order chi connectivity index (χ0) is 12.7. The minimum absolute atomic E-state index is 0.144. The van der Waals surface area contributed by atoms with Crippen LogP contribution >= 0.6 is 0 Å². The Bertz CT molecular complexity index is 442. The summed E-state index contributed by atoms with van der Waals surface area (Å²) in [5, 5.41) is 0. The zero-order valence-corrected chi connectivity index (χ0v) is 9.69. The van der Waals surface area contributed by atoms with Crippen LogP contribution in [0, 0.1) is 18.2 Å². The average molecular weight is 231 g/mol. The summed E-state index contributed by atoms with van der Waals surface area (Å²) in [7, 11) is 0. The van der Waals surface area contributed by atoms with E-state index in [1.807, 2.05) is 6.92 Å². The lowest BCUT2D eigenvalue weighted by Gasteiger charge is -2.15. The second kappa shape index (κ2) is 6.49. The number of terminal acetylenes is 1. The van der Waals surface area contributed by atoms with Crippen molar-refractivity contribution in [2.24, 2.45) is 0 Å². The first-order valence-electron chi connectivity index (χ1n) is 5.33. The maximum Gasteiger partial charge on any atom is 0.247 e. The van der Waals surface area contributed by atoms with Crippen LogP contribution in [-0.4, -0.2) is 23.9 Å². The summed E-state index contributed by atoms with van der Waals surface area (Å²) in [5.41, 5.74) is 0.775. The van der Waals surface area contributed by atoms with Gasteiger partial charge in [0.25, 0.3) is 0 Å². The Morgan fingerprint density at radius 2 is 2.12 bits per heavy atom. The fourth-order valence-corrected chi connectivity index (χ4v) is 1.30. The molecule has 0 N–H and O–H groups in total. The van der Waals surface area contributed by atoms with Crippen LogP contribution in [0.4, 0.5) is 4.39 Å². The number of nitrogens with zero attached hydrogens (tertiary/aromatic N) is 1. The maximum absolute atomic E-state index is 12.6. The van der Waals surface area contributed by atoms with E-state index in [2.05, 4.69) is 5.92 Å². The Hall–Kier alpha value is -2.08. The van der Waals surface area contributed by atoms with Crippen LogP contribution in [0.5, 0.6) is 0 Å². The smallest absolute Gasteiger partial charge is 0.247 e. The third-order valence-electron chi connectivity index (χ3n) is 2.26. The monoisotopic (exact) mass is 231 g/mol. The predicted octanol–water partition coefficient (Wildman–Crippen LogP) is 2.32. The maximum atomic E-state index is 12.6. The van der Waals surface area contributed by atoms with E-state index in [1.165, 1.54) is 18.2 Å². The van der Waals surface area contributed by atoms with Gasteiger partial charge in [-0.2, -0.15) is 0 Å². The lowest BCUT2D eigenvalue weighted by molar-refractivity contribution is -0.125. The van der Waals surface area contributed by atoms with Gasteiger partial charge >= 0.3 is 0 Å². The molecule has 2 nitrogen and oxygen atoms in total. The van der Waals surface area contributed by atoms with Gasteiger partial charge < -0.3 is 4.90 Å². The molecule has 1 rings (SSSR count). The average Bonchev–Trinajstić information content (AvgIpc) is 2.35. The molecule has 0 saturated heterocycles. The quantitative estimate of drug-likeness (QED) is 0.575. The number of halogens is 1. The Kier molecular flexibility index (Phi) is 4.96. The molecule has 0 aromatic heterocycles. The molecular formula is C14H14FNO. The van der Waals surface area contributed by atoms with Gasteiger partial charge in [-0.15, -0.1) is 6.42 Å². The molecule has 3 heteroatoms. The molecule has 17 heavy (non-hydrogen) atoms. The Labute approximate surface area is 101 Å². The summed E-state index contributed by atoms with van der Waals surface area (Å²) < 4.78 is 12.6. The molecule has 0 aliphatic carbocycles. The van der Waals surface area contributed by atoms with Crippen molar-refractivity contribution >= 4 is 12.0 Å². The minimum Gasteiger partial charge on any atom is -0.328 e. The number of rotatable bonds is 4. The lowest BCUT2D eigenvalue weighted by atomic mass is 10.2. The van der Waals surface area contributed by atoms with Gasteiger partial charge in [-0.05, 0) is 30.7 Å². The van der Waals surface area contributed by atoms with Gasteiger partial charge in [-0.3, -0.25) is 4.79 Å². The van der Waals surface area contributed by atoms with Crippen molar-refractivity contribution in [1.82, 2.24) is 4.90 Å². The van der Waals surface area contributed by atoms with Crippen molar-refractivity contribution in [3.05, 3.63) is 41.7 Å². The predicted molar refractivity (Wildman–Crippen MR) is 66.5 cm³/mol. The first-order valence-corrected chi connectivity index (χ1v) is 5.33. The van der Waals surface area contributed by atoms with Crippen LogP contribution in [-0.2, 0) is 4.79 Å². The number of amides is 1. The molecule has 0 saturated carbocycles. The van der Waals surface area contributed by atoms with Crippen molar-refractivity contribution in [3.8, 4) is 12.3 Å². The second-order valence-corrected chi connectivity index (χ2v) is 3.44. The van der Waals surface area contributed by atoms with Gasteiger partial charge in [0.1, 0.15) is 5.82 Å². The number of hydrogen-bond acceptors (Lipinski definition) is 1. The molecule has 0 heterocycles. The van der Waals surface area contributed by atoms with E-state index in [9.17, 15) is 9.18 Å². The number of benzene rings is 1. The summed E-state index contributed by atoms with van der Waals surface area (Å²) in [6.45, 7) is 2.72. The van der Waals surface area contributed by atoms with Crippen molar-refractivity contribution < 1.29 is 9.18 Å². The molecule has 0 fully saturated rings. The molecule has 0 bridgehead atoms. The highest BCUT2D eigenvalue weighted by Gasteiger charge is 2.05. The SMILES string of the molecule is C#CCN(CC)C(=O)/C=C/c1ccc(F)cc1. The first kappa shape index (κ1) is 13.0. The van der Waals surface area contributed by atoms with E-state index >= 15 is 0 Å². The normalized spacial score (nSPS) is 10.2. The van der Waals surface area contributed by atoms with E-state index in [4.69, 9.17) is 6.42 Å². The third-order valence-corrected chi connectivity index (χ3v) is 2.26. The van der Waals surface area contributed by atoms with Gasteiger partial charge in [-0.1, -0.05) is 18.1 Å². The number of carbonyl (C=O) groups is 1. The summed E-state index contributed by atoms with van der Waals surface area (Å²) in [4.78, 5) is 13.2. The molecule has 1 aromatic carbocycles. The molecule has 0 aliphatic heterocycles. The molecule has 0 unspecified atom stereocenters. The largest absolute Gasteiger partial charge is 0.328 e. The molecule has 1 amide bonds. The van der Waals surface area contributed by atoms with E-state index in [-0.39, 0.29) is 11.7 Å². The van der Waals surface area contributed by atoms with Gasteiger partial charge in [0.15, 0.2) is 0 Å². The summed E-state index contributed by atoms with van der Waals surface area (Å²) in [6.07, 6.45) is 8.24. The molecule has 0 aliphatic rings. The van der Waals surface area contributed by atoms with E-state index in [0.717, 1.165) is 5.56 Å². The van der Waals surface area contributed by atoms with Crippen molar-refractivity contribution in [2.75, 3.05) is 13.1 Å². The Balaban J connectivity index is 2.67. The van der Waals surface area contributed by atoms with E-state index < -0.39 is 0 Å². The molecular weight excluding hydrogens is 217 g/mol. The van der Waals surface area contributed by atoms with Crippen molar-refractivity contribution in [3.63, 3.8) is 0 Å². The van der Waals surface area contributed by atoms with Gasteiger partial charge in [0.05, 0.1) is 6.54 Å². The van der Waals surface area contributed by atoms with Crippen molar-refractivity contribution in [2.45, 2.75) is 6.92 Å². The second-order valence-electron chi connectivity index (χ2n) is 3.44. The van der Waals surface area contributed by atoms with Gasteiger partial charge in [0.2, 0.25) is 5.91 Å². The van der Waals surface area contributed by atoms with Crippen molar-refractivity contribution in [1.29, 1.82) is 0 Å². The molecule has 0 radical (unpaired) electrons. The van der Waals surface area contributed by atoms with Crippen LogP contribution < -0.4 is 0 Å². The number of likely N-dealkylation sites (N-methyl/N-ethyl adjacent to an activating group) is 1. The number of hydrogen-bond donors (Lipinski definition) is 0. The number of carbonyl (C=O) groups excluding carboxylic acids is 1. The Morgan fingerprint density at radius 1 is 1.47 bits per heavy atom. The highest BCUT2D eigenvalue weighted by Crippen LogP contribution is 2.05. The fourth-order valence-electron chi connectivity index (χ4n) is 1.30. The van der Waals surface area contributed by atoms with E-state index in [1.54, 1.807) is 23.1 Å². The lowest BCUT2D eigenvalue weighted by Crippen LogP contribution is -2.29. The van der Waals surface area contributed by atoms with Gasteiger partial charge in [0, 0.05) is 12.6 Å². The van der Waals surface area contributed by atoms with Crippen LogP contribution in [0.25, 0.3) is 6.08 Å². The summed E-state index contributed by atoms with van der Waals surface area (Å²) in [6, 6.07) is 5.92. The molecule has 0 spiro atoms. The highest BCUT2D eigenvalue weighted by atomic mass is 19.1. The van der Waals surface area contributed by atoms with Gasteiger partial charge in [-0.25, -0.2) is 4.39 Å².